The Labute approximate surface area is 137 Å². The Hall–Kier alpha value is -2.49. The lowest BCUT2D eigenvalue weighted by atomic mass is 10.1. The zero-order chi connectivity index (χ0) is 16.7. The number of rotatable bonds is 7. The van der Waals surface area contributed by atoms with Gasteiger partial charge in [-0.25, -0.2) is 0 Å². The van der Waals surface area contributed by atoms with Gasteiger partial charge in [0.1, 0.15) is 11.5 Å². The lowest BCUT2D eigenvalue weighted by molar-refractivity contribution is -0.128. The van der Waals surface area contributed by atoms with E-state index in [0.717, 1.165) is 11.3 Å². The van der Waals surface area contributed by atoms with Gasteiger partial charge in [0, 0.05) is 6.54 Å². The molecule has 0 heterocycles. The van der Waals surface area contributed by atoms with Crippen molar-refractivity contribution in [2.75, 3.05) is 7.11 Å². The van der Waals surface area contributed by atoms with Crippen molar-refractivity contribution in [2.24, 2.45) is 0 Å². The van der Waals surface area contributed by atoms with Crippen LogP contribution in [0.4, 0.5) is 0 Å². The Balaban J connectivity index is 1.90. The van der Waals surface area contributed by atoms with Crippen molar-refractivity contribution in [3.05, 3.63) is 59.7 Å². The summed E-state index contributed by atoms with van der Waals surface area (Å²) in [6.45, 7) is 4.47. The Morgan fingerprint density at radius 1 is 1.04 bits per heavy atom. The number of carbonyl (C=O) groups excluding carboxylic acids is 1. The summed E-state index contributed by atoms with van der Waals surface area (Å²) in [6.07, 6.45) is 0.0972. The molecule has 122 valence electrons. The molecule has 1 amide bonds. The monoisotopic (exact) mass is 313 g/mol. The van der Waals surface area contributed by atoms with E-state index in [2.05, 4.69) is 5.32 Å². The summed E-state index contributed by atoms with van der Waals surface area (Å²) >= 11 is 0. The van der Waals surface area contributed by atoms with Crippen molar-refractivity contribution in [3.8, 4) is 11.5 Å². The lowest BCUT2D eigenvalue weighted by Crippen LogP contribution is -2.37. The van der Waals surface area contributed by atoms with E-state index in [9.17, 15) is 4.79 Å². The molecule has 23 heavy (non-hydrogen) atoms. The molecule has 0 aliphatic carbocycles. The van der Waals surface area contributed by atoms with Gasteiger partial charge in [0.25, 0.3) is 5.91 Å². The average molecular weight is 313 g/mol. The predicted octanol–water partition coefficient (Wildman–Crippen LogP) is 3.48. The number of nitrogens with one attached hydrogen (secondary N) is 1. The minimum atomic E-state index is -0.506. The summed E-state index contributed by atoms with van der Waals surface area (Å²) in [5.41, 5.74) is 2.28. The second-order valence-corrected chi connectivity index (χ2v) is 5.39. The molecule has 0 radical (unpaired) electrons. The fourth-order valence-corrected chi connectivity index (χ4v) is 2.15. The summed E-state index contributed by atoms with van der Waals surface area (Å²) in [7, 11) is 1.61. The Morgan fingerprint density at radius 3 is 2.22 bits per heavy atom. The summed E-state index contributed by atoms with van der Waals surface area (Å²) in [5.74, 6) is 1.31. The van der Waals surface area contributed by atoms with Gasteiger partial charge in [-0.05, 0) is 43.2 Å². The molecule has 1 N–H and O–H groups in total. The average Bonchev–Trinajstić information content (AvgIpc) is 2.59. The van der Waals surface area contributed by atoms with Gasteiger partial charge in [0.15, 0.2) is 6.10 Å². The van der Waals surface area contributed by atoms with Crippen LogP contribution in [-0.2, 0) is 11.3 Å². The zero-order valence-electron chi connectivity index (χ0n) is 13.8. The van der Waals surface area contributed by atoms with Gasteiger partial charge in [-0.3, -0.25) is 4.79 Å². The molecule has 0 saturated carbocycles. The van der Waals surface area contributed by atoms with Crippen LogP contribution in [0.2, 0.25) is 0 Å². The van der Waals surface area contributed by atoms with E-state index >= 15 is 0 Å². The van der Waals surface area contributed by atoms with E-state index in [1.54, 1.807) is 19.2 Å². The van der Waals surface area contributed by atoms with Crippen molar-refractivity contribution < 1.29 is 14.3 Å². The quantitative estimate of drug-likeness (QED) is 0.851. The van der Waals surface area contributed by atoms with Crippen molar-refractivity contribution in [2.45, 2.75) is 32.9 Å². The zero-order valence-corrected chi connectivity index (χ0v) is 13.8. The first kappa shape index (κ1) is 16.9. The van der Waals surface area contributed by atoms with Crippen molar-refractivity contribution in [1.82, 2.24) is 5.32 Å². The number of hydrogen-bond donors (Lipinski definition) is 1. The third-order valence-corrected chi connectivity index (χ3v) is 3.59. The van der Waals surface area contributed by atoms with Gasteiger partial charge in [0.2, 0.25) is 0 Å². The van der Waals surface area contributed by atoms with E-state index in [1.165, 1.54) is 5.56 Å². The van der Waals surface area contributed by atoms with Crippen molar-refractivity contribution >= 4 is 5.91 Å². The normalized spacial score (nSPS) is 11.6. The molecule has 0 fully saturated rings. The number of amides is 1. The maximum Gasteiger partial charge on any atom is 0.261 e. The molecular weight excluding hydrogens is 290 g/mol. The first-order valence-corrected chi connectivity index (χ1v) is 7.76. The number of benzene rings is 2. The highest BCUT2D eigenvalue weighted by atomic mass is 16.5. The number of hydrogen-bond acceptors (Lipinski definition) is 3. The Kier molecular flexibility index (Phi) is 6.03. The van der Waals surface area contributed by atoms with Gasteiger partial charge in [-0.2, -0.15) is 0 Å². The summed E-state index contributed by atoms with van der Waals surface area (Å²) in [4.78, 5) is 12.3. The van der Waals surface area contributed by atoms with Crippen LogP contribution in [0.15, 0.2) is 48.5 Å². The van der Waals surface area contributed by atoms with E-state index in [0.29, 0.717) is 18.7 Å². The van der Waals surface area contributed by atoms with Gasteiger partial charge in [-0.15, -0.1) is 0 Å². The van der Waals surface area contributed by atoms with Crippen LogP contribution in [0.3, 0.4) is 0 Å². The largest absolute Gasteiger partial charge is 0.497 e. The van der Waals surface area contributed by atoms with Gasteiger partial charge < -0.3 is 14.8 Å². The number of methoxy groups -OCH3 is 1. The van der Waals surface area contributed by atoms with Crippen molar-refractivity contribution in [1.29, 1.82) is 0 Å². The third kappa shape index (κ3) is 5.02. The summed E-state index contributed by atoms with van der Waals surface area (Å²) < 4.78 is 10.9. The molecule has 1 atom stereocenters. The van der Waals surface area contributed by atoms with Crippen LogP contribution in [0.25, 0.3) is 0 Å². The van der Waals surface area contributed by atoms with E-state index < -0.39 is 6.10 Å². The number of ether oxygens (including phenoxy) is 2. The van der Waals surface area contributed by atoms with Crippen LogP contribution < -0.4 is 14.8 Å². The van der Waals surface area contributed by atoms with Crippen LogP contribution >= 0.6 is 0 Å². The molecule has 0 unspecified atom stereocenters. The minimum absolute atomic E-state index is 0.108. The predicted molar refractivity (Wildman–Crippen MR) is 90.7 cm³/mol. The van der Waals surface area contributed by atoms with Gasteiger partial charge >= 0.3 is 0 Å². The molecule has 0 saturated heterocycles. The van der Waals surface area contributed by atoms with Crippen LogP contribution in [0, 0.1) is 6.92 Å². The molecule has 4 heteroatoms. The highest BCUT2D eigenvalue weighted by Crippen LogP contribution is 2.19. The molecule has 0 aromatic heterocycles. The minimum Gasteiger partial charge on any atom is -0.497 e. The topological polar surface area (TPSA) is 47.6 Å². The van der Waals surface area contributed by atoms with Crippen molar-refractivity contribution in [3.63, 3.8) is 0 Å². The standard InChI is InChI=1S/C19H23NO3/c1-4-18(23-17-11-9-16(22-3)10-12-17)19(21)20-13-15-7-5-14(2)6-8-15/h5-12,18H,4,13H2,1-3H3,(H,20,21)/t18-/m1/s1. The first-order valence-electron chi connectivity index (χ1n) is 7.76. The Morgan fingerprint density at radius 2 is 1.65 bits per heavy atom. The SMILES string of the molecule is CC[C@@H](Oc1ccc(OC)cc1)C(=O)NCc1ccc(C)cc1. The molecule has 0 aliphatic rings. The van der Waals surface area contributed by atoms with Gasteiger partial charge in [0.05, 0.1) is 7.11 Å². The maximum atomic E-state index is 12.3. The highest BCUT2D eigenvalue weighted by molar-refractivity contribution is 5.81. The fourth-order valence-electron chi connectivity index (χ4n) is 2.15. The van der Waals surface area contributed by atoms with E-state index in [-0.39, 0.29) is 5.91 Å². The smallest absolute Gasteiger partial charge is 0.261 e. The molecule has 2 aromatic rings. The summed E-state index contributed by atoms with van der Waals surface area (Å²) in [6, 6.07) is 15.3. The van der Waals surface area contributed by atoms with Crippen LogP contribution in [-0.4, -0.2) is 19.1 Å². The van der Waals surface area contributed by atoms with Crippen LogP contribution in [0.5, 0.6) is 11.5 Å². The Bertz CT molecular complexity index is 620. The highest BCUT2D eigenvalue weighted by Gasteiger charge is 2.18. The second kappa shape index (κ2) is 8.22. The number of carbonyl (C=O) groups is 1. The second-order valence-electron chi connectivity index (χ2n) is 5.39. The van der Waals surface area contributed by atoms with Gasteiger partial charge in [-0.1, -0.05) is 36.8 Å². The molecule has 0 spiro atoms. The van der Waals surface area contributed by atoms with E-state index in [4.69, 9.17) is 9.47 Å². The van der Waals surface area contributed by atoms with E-state index in [1.807, 2.05) is 50.2 Å². The molecule has 0 bridgehead atoms. The number of aryl methyl sites for hydroxylation is 1. The third-order valence-electron chi connectivity index (χ3n) is 3.59. The summed E-state index contributed by atoms with van der Waals surface area (Å²) in [5, 5.41) is 2.92. The fraction of sp³-hybridized carbons (Fsp3) is 0.316. The maximum absolute atomic E-state index is 12.3. The first-order chi connectivity index (χ1) is 11.1. The molecule has 0 aliphatic heterocycles. The molecular formula is C19H23NO3. The lowest BCUT2D eigenvalue weighted by Gasteiger charge is -2.17. The molecule has 4 nitrogen and oxygen atoms in total. The molecule has 2 aromatic carbocycles. The molecule has 2 rings (SSSR count). The van der Waals surface area contributed by atoms with Crippen LogP contribution in [0.1, 0.15) is 24.5 Å².